The molecule has 2 aromatic rings. The van der Waals surface area contributed by atoms with Crippen LogP contribution >= 0.6 is 28.1 Å². The van der Waals surface area contributed by atoms with Crippen LogP contribution in [0.5, 0.6) is 0 Å². The predicted molar refractivity (Wildman–Crippen MR) is 76.1 cm³/mol. The molecule has 88 valence electrons. The van der Waals surface area contributed by atoms with Gasteiger partial charge in [0.25, 0.3) is 0 Å². The normalized spacial score (nSPS) is 10.2. The number of hydrogen-bond acceptors (Lipinski definition) is 3. The molecule has 0 saturated heterocycles. The van der Waals surface area contributed by atoms with Gasteiger partial charge in [-0.25, -0.2) is 0 Å². The second kappa shape index (κ2) is 5.33. The van der Waals surface area contributed by atoms with Gasteiger partial charge in [0.2, 0.25) is 0 Å². The van der Waals surface area contributed by atoms with Gasteiger partial charge in [0.1, 0.15) is 10.7 Å². The SMILES string of the molecule is NC(=S)c1cc(Br)ccc1NCc1ccco1. The summed E-state index contributed by atoms with van der Waals surface area (Å²) in [6, 6.07) is 9.53. The molecule has 1 heterocycles. The fourth-order valence-electron chi connectivity index (χ4n) is 1.47. The highest BCUT2D eigenvalue weighted by atomic mass is 79.9. The molecular weight excluding hydrogens is 300 g/mol. The summed E-state index contributed by atoms with van der Waals surface area (Å²) >= 11 is 8.41. The van der Waals surface area contributed by atoms with Gasteiger partial charge in [0.15, 0.2) is 0 Å². The first-order chi connectivity index (χ1) is 8.16. The van der Waals surface area contributed by atoms with E-state index in [4.69, 9.17) is 22.4 Å². The van der Waals surface area contributed by atoms with Gasteiger partial charge in [-0.2, -0.15) is 0 Å². The number of nitrogens with one attached hydrogen (secondary N) is 1. The van der Waals surface area contributed by atoms with Crippen LogP contribution in [-0.4, -0.2) is 4.99 Å². The van der Waals surface area contributed by atoms with Crippen molar-refractivity contribution in [3.05, 3.63) is 52.4 Å². The van der Waals surface area contributed by atoms with Crippen LogP contribution in [0.1, 0.15) is 11.3 Å². The maximum Gasteiger partial charge on any atom is 0.122 e. The molecule has 0 aliphatic heterocycles. The molecular formula is C12H11BrN2OS. The van der Waals surface area contributed by atoms with Crippen LogP contribution in [-0.2, 0) is 6.54 Å². The Morgan fingerprint density at radius 1 is 1.41 bits per heavy atom. The molecule has 3 nitrogen and oxygen atoms in total. The van der Waals surface area contributed by atoms with E-state index in [2.05, 4.69) is 21.2 Å². The second-order valence-electron chi connectivity index (χ2n) is 3.49. The van der Waals surface area contributed by atoms with Crippen LogP contribution in [0.2, 0.25) is 0 Å². The van der Waals surface area contributed by atoms with Crippen molar-refractivity contribution in [1.29, 1.82) is 0 Å². The van der Waals surface area contributed by atoms with Crippen LogP contribution in [0, 0.1) is 0 Å². The van der Waals surface area contributed by atoms with Crippen LogP contribution in [0.4, 0.5) is 5.69 Å². The minimum absolute atomic E-state index is 0.369. The minimum Gasteiger partial charge on any atom is -0.467 e. The highest BCUT2D eigenvalue weighted by Crippen LogP contribution is 2.21. The van der Waals surface area contributed by atoms with E-state index in [1.807, 2.05) is 30.3 Å². The van der Waals surface area contributed by atoms with Gasteiger partial charge in [-0.1, -0.05) is 28.1 Å². The van der Waals surface area contributed by atoms with E-state index in [9.17, 15) is 0 Å². The van der Waals surface area contributed by atoms with Crippen molar-refractivity contribution in [3.8, 4) is 0 Å². The van der Waals surface area contributed by atoms with Crippen molar-refractivity contribution in [2.45, 2.75) is 6.54 Å². The fourth-order valence-corrected chi connectivity index (χ4v) is 2.00. The molecule has 0 aliphatic carbocycles. The molecule has 0 amide bonds. The van der Waals surface area contributed by atoms with E-state index < -0.39 is 0 Å². The van der Waals surface area contributed by atoms with Gasteiger partial charge in [-0.3, -0.25) is 0 Å². The Morgan fingerprint density at radius 2 is 2.24 bits per heavy atom. The molecule has 0 atom stereocenters. The van der Waals surface area contributed by atoms with Crippen molar-refractivity contribution in [2.75, 3.05) is 5.32 Å². The van der Waals surface area contributed by atoms with Crippen molar-refractivity contribution in [2.24, 2.45) is 5.73 Å². The lowest BCUT2D eigenvalue weighted by atomic mass is 10.2. The molecule has 5 heteroatoms. The van der Waals surface area contributed by atoms with Crippen LogP contribution < -0.4 is 11.1 Å². The number of rotatable bonds is 4. The molecule has 1 aromatic heterocycles. The summed E-state index contributed by atoms with van der Waals surface area (Å²) < 4.78 is 6.19. The zero-order valence-electron chi connectivity index (χ0n) is 8.94. The van der Waals surface area contributed by atoms with Crippen molar-refractivity contribution in [3.63, 3.8) is 0 Å². The maximum absolute atomic E-state index is 5.68. The number of nitrogens with two attached hydrogens (primary N) is 1. The fraction of sp³-hybridized carbons (Fsp3) is 0.0833. The molecule has 0 fully saturated rings. The molecule has 1 aromatic carbocycles. The molecule has 0 spiro atoms. The van der Waals surface area contributed by atoms with E-state index in [1.165, 1.54) is 0 Å². The summed E-state index contributed by atoms with van der Waals surface area (Å²) in [5, 5.41) is 3.24. The minimum atomic E-state index is 0.369. The molecule has 17 heavy (non-hydrogen) atoms. The highest BCUT2D eigenvalue weighted by molar-refractivity contribution is 9.10. The van der Waals surface area contributed by atoms with E-state index in [0.29, 0.717) is 11.5 Å². The maximum atomic E-state index is 5.68. The number of hydrogen-bond donors (Lipinski definition) is 2. The van der Waals surface area contributed by atoms with E-state index in [1.54, 1.807) is 6.26 Å². The third-order valence-electron chi connectivity index (χ3n) is 2.28. The summed E-state index contributed by atoms with van der Waals surface area (Å²) in [6.07, 6.45) is 1.65. The number of anilines is 1. The predicted octanol–water partition coefficient (Wildman–Crippen LogP) is 3.29. The molecule has 0 saturated carbocycles. The van der Waals surface area contributed by atoms with Gasteiger partial charge in [-0.15, -0.1) is 0 Å². The Labute approximate surface area is 113 Å². The molecule has 3 N–H and O–H groups in total. The quantitative estimate of drug-likeness (QED) is 0.851. The van der Waals surface area contributed by atoms with Gasteiger partial charge < -0.3 is 15.5 Å². The summed E-state index contributed by atoms with van der Waals surface area (Å²) in [4.78, 5) is 0.369. The van der Waals surface area contributed by atoms with Crippen LogP contribution in [0.25, 0.3) is 0 Å². The topological polar surface area (TPSA) is 51.2 Å². The standard InChI is InChI=1S/C12H11BrN2OS/c13-8-3-4-11(10(6-8)12(14)17)15-7-9-2-1-5-16-9/h1-6,15H,7H2,(H2,14,17). The summed E-state index contributed by atoms with van der Waals surface area (Å²) in [6.45, 7) is 0.601. The van der Waals surface area contributed by atoms with E-state index >= 15 is 0 Å². The van der Waals surface area contributed by atoms with E-state index in [-0.39, 0.29) is 0 Å². The second-order valence-corrected chi connectivity index (χ2v) is 4.84. The number of halogens is 1. The monoisotopic (exact) mass is 310 g/mol. The lowest BCUT2D eigenvalue weighted by Gasteiger charge is -2.10. The van der Waals surface area contributed by atoms with Gasteiger partial charge in [0.05, 0.1) is 12.8 Å². The first kappa shape index (κ1) is 12.1. The Morgan fingerprint density at radius 3 is 2.88 bits per heavy atom. The number of furan rings is 1. The molecule has 0 unspecified atom stereocenters. The Bertz CT molecular complexity index is 525. The average molecular weight is 311 g/mol. The van der Waals surface area contributed by atoms with E-state index in [0.717, 1.165) is 21.5 Å². The Balaban J connectivity index is 2.17. The lowest BCUT2D eigenvalue weighted by Crippen LogP contribution is -2.13. The van der Waals surface area contributed by atoms with Crippen molar-refractivity contribution < 1.29 is 4.42 Å². The van der Waals surface area contributed by atoms with Crippen LogP contribution in [0.15, 0.2) is 45.5 Å². The van der Waals surface area contributed by atoms with Crippen LogP contribution in [0.3, 0.4) is 0 Å². The average Bonchev–Trinajstić information content (AvgIpc) is 2.80. The highest BCUT2D eigenvalue weighted by Gasteiger charge is 2.06. The number of thiocarbonyl (C=S) groups is 1. The first-order valence-electron chi connectivity index (χ1n) is 5.02. The third-order valence-corrected chi connectivity index (χ3v) is 2.99. The molecule has 2 rings (SSSR count). The Kier molecular flexibility index (Phi) is 3.81. The summed E-state index contributed by atoms with van der Waals surface area (Å²) in [5.41, 5.74) is 7.40. The van der Waals surface area contributed by atoms with Gasteiger partial charge >= 0.3 is 0 Å². The first-order valence-corrected chi connectivity index (χ1v) is 6.22. The molecule has 0 aliphatic rings. The van der Waals surface area contributed by atoms with Crippen molar-refractivity contribution >= 4 is 38.8 Å². The summed E-state index contributed by atoms with van der Waals surface area (Å²) in [7, 11) is 0. The summed E-state index contributed by atoms with van der Waals surface area (Å²) in [5.74, 6) is 0.863. The lowest BCUT2D eigenvalue weighted by molar-refractivity contribution is 0.518. The zero-order valence-corrected chi connectivity index (χ0v) is 11.3. The van der Waals surface area contributed by atoms with Gasteiger partial charge in [-0.05, 0) is 30.3 Å². The third kappa shape index (κ3) is 3.08. The van der Waals surface area contributed by atoms with Crippen molar-refractivity contribution in [1.82, 2.24) is 0 Å². The van der Waals surface area contributed by atoms with Gasteiger partial charge in [0, 0.05) is 15.7 Å². The molecule has 0 bridgehead atoms. The smallest absolute Gasteiger partial charge is 0.122 e. The Hall–Kier alpha value is -1.33. The number of benzene rings is 1. The molecule has 0 radical (unpaired) electrons. The zero-order chi connectivity index (χ0) is 12.3. The largest absolute Gasteiger partial charge is 0.467 e.